The van der Waals surface area contributed by atoms with E-state index in [0.717, 1.165) is 63.7 Å². The Hall–Kier alpha value is -1.59. The van der Waals surface area contributed by atoms with Crippen molar-refractivity contribution in [3.63, 3.8) is 0 Å². The van der Waals surface area contributed by atoms with E-state index in [2.05, 4.69) is 27.7 Å². The molecule has 0 radical (unpaired) electrons. The van der Waals surface area contributed by atoms with Gasteiger partial charge in [-0.1, -0.05) is 272 Å². The molecule has 61 heavy (non-hydrogen) atoms. The third-order valence-electron chi connectivity index (χ3n) is 12.5. The molecule has 0 heterocycles. The fourth-order valence-electron chi connectivity index (χ4n) is 8.39. The summed E-state index contributed by atoms with van der Waals surface area (Å²) in [4.78, 5) is 38.0. The normalized spacial score (nSPS) is 12.0. The van der Waals surface area contributed by atoms with Crippen LogP contribution in [0.5, 0.6) is 0 Å². The van der Waals surface area contributed by atoms with Crippen molar-refractivity contribution >= 4 is 17.9 Å². The topological polar surface area (TPSA) is 78.9 Å². The Morgan fingerprint density at radius 2 is 0.541 bits per heavy atom. The second-order valence-corrected chi connectivity index (χ2v) is 19.3. The lowest BCUT2D eigenvalue weighted by molar-refractivity contribution is -0.167. The maximum absolute atomic E-state index is 12.8. The van der Waals surface area contributed by atoms with Crippen molar-refractivity contribution in [3.8, 4) is 0 Å². The standard InChI is InChI=1S/C55H106O6/c1-5-7-9-11-13-15-17-22-27-31-35-39-43-47-54(57)60-50-52(49-59-53(56)46-42-38-34-30-25-16-14-12-10-8-6-2)61-55(58)48-44-40-36-32-28-24-21-19-18-20-23-26-29-33-37-41-45-51(3)4/h51-52H,5-50H2,1-4H3/t52-/m1/s1. The lowest BCUT2D eigenvalue weighted by atomic mass is 10.0. The first kappa shape index (κ1) is 59.4. The minimum absolute atomic E-state index is 0.0622. The minimum Gasteiger partial charge on any atom is -0.462 e. The molecule has 0 aliphatic carbocycles. The first-order valence-corrected chi connectivity index (χ1v) is 27.4. The van der Waals surface area contributed by atoms with Crippen LogP contribution in [0.2, 0.25) is 0 Å². The molecule has 0 aromatic rings. The van der Waals surface area contributed by atoms with E-state index < -0.39 is 6.10 Å². The van der Waals surface area contributed by atoms with Crippen molar-refractivity contribution in [2.24, 2.45) is 5.92 Å². The van der Waals surface area contributed by atoms with Gasteiger partial charge in [0.2, 0.25) is 0 Å². The third-order valence-corrected chi connectivity index (χ3v) is 12.5. The van der Waals surface area contributed by atoms with Gasteiger partial charge in [0, 0.05) is 19.3 Å². The van der Waals surface area contributed by atoms with Gasteiger partial charge in [-0.25, -0.2) is 0 Å². The van der Waals surface area contributed by atoms with Crippen LogP contribution in [0.25, 0.3) is 0 Å². The van der Waals surface area contributed by atoms with Crippen LogP contribution in [-0.4, -0.2) is 37.2 Å². The highest BCUT2D eigenvalue weighted by molar-refractivity contribution is 5.71. The van der Waals surface area contributed by atoms with Crippen LogP contribution in [0, 0.1) is 5.92 Å². The van der Waals surface area contributed by atoms with Crippen molar-refractivity contribution in [1.29, 1.82) is 0 Å². The highest BCUT2D eigenvalue weighted by atomic mass is 16.6. The molecule has 0 aliphatic heterocycles. The van der Waals surface area contributed by atoms with E-state index in [1.165, 1.54) is 205 Å². The molecule has 6 heteroatoms. The summed E-state index contributed by atoms with van der Waals surface area (Å²) in [5.41, 5.74) is 0. The predicted octanol–water partition coefficient (Wildman–Crippen LogP) is 17.8. The van der Waals surface area contributed by atoms with Gasteiger partial charge >= 0.3 is 17.9 Å². The van der Waals surface area contributed by atoms with E-state index in [9.17, 15) is 14.4 Å². The lowest BCUT2D eigenvalue weighted by Gasteiger charge is -2.18. The molecule has 0 rings (SSSR count). The molecule has 0 saturated carbocycles. The molecule has 0 amide bonds. The van der Waals surface area contributed by atoms with Crippen molar-refractivity contribution in [3.05, 3.63) is 0 Å². The van der Waals surface area contributed by atoms with E-state index in [4.69, 9.17) is 14.2 Å². The second-order valence-electron chi connectivity index (χ2n) is 19.3. The lowest BCUT2D eigenvalue weighted by Crippen LogP contribution is -2.30. The van der Waals surface area contributed by atoms with Crippen LogP contribution < -0.4 is 0 Å². The summed E-state index contributed by atoms with van der Waals surface area (Å²) in [6.07, 6.45) is 52.3. The van der Waals surface area contributed by atoms with E-state index in [1.807, 2.05) is 0 Å². The van der Waals surface area contributed by atoms with Crippen molar-refractivity contribution < 1.29 is 28.6 Å². The highest BCUT2D eigenvalue weighted by Crippen LogP contribution is 2.17. The van der Waals surface area contributed by atoms with Gasteiger partial charge in [0.15, 0.2) is 6.10 Å². The highest BCUT2D eigenvalue weighted by Gasteiger charge is 2.19. The molecule has 0 N–H and O–H groups in total. The molecular weight excluding hydrogens is 757 g/mol. The molecule has 362 valence electrons. The zero-order valence-electron chi connectivity index (χ0n) is 41.6. The first-order valence-electron chi connectivity index (χ1n) is 27.4. The summed E-state index contributed by atoms with van der Waals surface area (Å²) in [5.74, 6) is 0.0116. The zero-order valence-corrected chi connectivity index (χ0v) is 41.6. The molecule has 0 fully saturated rings. The number of hydrogen-bond acceptors (Lipinski definition) is 6. The number of unbranched alkanes of at least 4 members (excludes halogenated alkanes) is 37. The van der Waals surface area contributed by atoms with Gasteiger partial charge in [-0.2, -0.15) is 0 Å². The van der Waals surface area contributed by atoms with E-state index in [1.54, 1.807) is 0 Å². The molecular formula is C55H106O6. The number of carbonyl (C=O) groups is 3. The number of rotatable bonds is 50. The average Bonchev–Trinajstić information content (AvgIpc) is 3.24. The summed E-state index contributed by atoms with van der Waals surface area (Å²) in [6.45, 7) is 9.05. The fraction of sp³-hybridized carbons (Fsp3) is 0.945. The Morgan fingerprint density at radius 3 is 0.803 bits per heavy atom. The Balaban J connectivity index is 4.26. The predicted molar refractivity (Wildman–Crippen MR) is 261 cm³/mol. The molecule has 0 aliphatic rings. The number of ether oxygens (including phenoxy) is 3. The van der Waals surface area contributed by atoms with Crippen LogP contribution >= 0.6 is 0 Å². The van der Waals surface area contributed by atoms with Gasteiger partial charge in [0.05, 0.1) is 0 Å². The molecule has 1 atom stereocenters. The van der Waals surface area contributed by atoms with Crippen LogP contribution in [-0.2, 0) is 28.6 Å². The fourth-order valence-corrected chi connectivity index (χ4v) is 8.39. The Labute approximate surface area is 380 Å². The summed E-state index contributed by atoms with van der Waals surface area (Å²) < 4.78 is 16.8. The van der Waals surface area contributed by atoms with Crippen molar-refractivity contribution in [2.45, 2.75) is 316 Å². The second kappa shape index (κ2) is 49.4. The maximum atomic E-state index is 12.8. The summed E-state index contributed by atoms with van der Waals surface area (Å²) in [6, 6.07) is 0. The van der Waals surface area contributed by atoms with Gasteiger partial charge in [-0.15, -0.1) is 0 Å². The van der Waals surface area contributed by atoms with Gasteiger partial charge in [0.25, 0.3) is 0 Å². The smallest absolute Gasteiger partial charge is 0.306 e. The zero-order chi connectivity index (χ0) is 44.5. The first-order chi connectivity index (χ1) is 29.9. The molecule has 0 unspecified atom stereocenters. The third kappa shape index (κ3) is 49.3. The van der Waals surface area contributed by atoms with E-state index >= 15 is 0 Å². The van der Waals surface area contributed by atoms with E-state index in [-0.39, 0.29) is 31.1 Å². The maximum Gasteiger partial charge on any atom is 0.306 e. The van der Waals surface area contributed by atoms with E-state index in [0.29, 0.717) is 19.3 Å². The number of hydrogen-bond donors (Lipinski definition) is 0. The molecule has 0 aromatic carbocycles. The van der Waals surface area contributed by atoms with Crippen LogP contribution in [0.15, 0.2) is 0 Å². The quantitative estimate of drug-likeness (QED) is 0.0344. The largest absolute Gasteiger partial charge is 0.462 e. The monoisotopic (exact) mass is 863 g/mol. The van der Waals surface area contributed by atoms with Crippen LogP contribution in [0.4, 0.5) is 0 Å². The molecule has 0 aromatic heterocycles. The summed E-state index contributed by atoms with van der Waals surface area (Å²) in [5, 5.41) is 0. The molecule has 6 nitrogen and oxygen atoms in total. The van der Waals surface area contributed by atoms with Crippen LogP contribution in [0.3, 0.4) is 0 Å². The number of esters is 3. The Kier molecular flexibility index (Phi) is 48.1. The van der Waals surface area contributed by atoms with Crippen molar-refractivity contribution in [1.82, 2.24) is 0 Å². The summed E-state index contributed by atoms with van der Waals surface area (Å²) in [7, 11) is 0. The average molecular weight is 863 g/mol. The molecule has 0 bridgehead atoms. The van der Waals surface area contributed by atoms with Gasteiger partial charge in [0.1, 0.15) is 13.2 Å². The van der Waals surface area contributed by atoms with Crippen molar-refractivity contribution in [2.75, 3.05) is 13.2 Å². The number of carbonyl (C=O) groups excluding carboxylic acids is 3. The van der Waals surface area contributed by atoms with Gasteiger partial charge < -0.3 is 14.2 Å². The Bertz CT molecular complexity index is 918. The molecule has 0 spiro atoms. The minimum atomic E-state index is -0.760. The Morgan fingerprint density at radius 1 is 0.311 bits per heavy atom. The van der Waals surface area contributed by atoms with Gasteiger partial charge in [-0.3, -0.25) is 14.4 Å². The summed E-state index contributed by atoms with van der Waals surface area (Å²) >= 11 is 0. The van der Waals surface area contributed by atoms with Gasteiger partial charge in [-0.05, 0) is 25.2 Å². The molecule has 0 saturated heterocycles. The SMILES string of the molecule is CCCCCCCCCCCCCCCC(=O)OC[C@@H](COC(=O)CCCCCCCCCCCCC)OC(=O)CCCCCCCCCCCCCCCCCCC(C)C. The van der Waals surface area contributed by atoms with Crippen LogP contribution in [0.1, 0.15) is 310 Å².